The van der Waals surface area contributed by atoms with Gasteiger partial charge in [0.1, 0.15) is 5.82 Å². The van der Waals surface area contributed by atoms with Gasteiger partial charge >= 0.3 is 0 Å². The van der Waals surface area contributed by atoms with Crippen LogP contribution >= 0.6 is 0 Å². The zero-order valence-electron chi connectivity index (χ0n) is 24.5. The molecule has 0 amide bonds. The first-order valence-corrected chi connectivity index (χ1v) is 14.9. The summed E-state index contributed by atoms with van der Waals surface area (Å²) in [6, 6.07) is 19.0. The number of aryl methyl sites for hydroxylation is 1. The van der Waals surface area contributed by atoms with Crippen molar-refractivity contribution < 1.29 is 9.84 Å². The van der Waals surface area contributed by atoms with Crippen LogP contribution in [0.2, 0.25) is 0 Å². The molecule has 214 valence electrons. The van der Waals surface area contributed by atoms with Crippen molar-refractivity contribution in [2.45, 2.75) is 65.5 Å². The second-order valence-electron chi connectivity index (χ2n) is 11.1. The summed E-state index contributed by atoms with van der Waals surface area (Å²) in [6.07, 6.45) is 9.02. The number of fused-ring (bicyclic) bond motifs is 1. The smallest absolute Gasteiger partial charge is 0.126 e. The minimum Gasteiger partial charge on any atom is -0.390 e. The van der Waals surface area contributed by atoms with Crippen LogP contribution in [0.15, 0.2) is 65.8 Å². The zero-order valence-corrected chi connectivity index (χ0v) is 24.5. The van der Waals surface area contributed by atoms with Gasteiger partial charge in [-0.15, -0.1) is 0 Å². The third-order valence-corrected chi connectivity index (χ3v) is 7.65. The number of benzene rings is 2. The molecule has 1 aromatic heterocycles. The lowest BCUT2D eigenvalue weighted by Crippen LogP contribution is -2.39. The van der Waals surface area contributed by atoms with Crippen molar-refractivity contribution in [3.63, 3.8) is 0 Å². The maximum absolute atomic E-state index is 10.6. The third-order valence-electron chi connectivity index (χ3n) is 7.65. The van der Waals surface area contributed by atoms with Crippen LogP contribution in [0.5, 0.6) is 0 Å². The minimum atomic E-state index is -0.455. The second kappa shape index (κ2) is 15.7. The molecule has 6 heteroatoms. The van der Waals surface area contributed by atoms with Gasteiger partial charge in [0.15, 0.2) is 0 Å². The summed E-state index contributed by atoms with van der Waals surface area (Å²) in [5.74, 6) is 1.69. The zero-order chi connectivity index (χ0) is 28.2. The molecule has 2 N–H and O–H groups in total. The Hall–Kier alpha value is -3.06. The molecule has 1 fully saturated rings. The first-order valence-electron chi connectivity index (χ1n) is 14.9. The van der Waals surface area contributed by atoms with Crippen molar-refractivity contribution in [3.05, 3.63) is 77.5 Å². The normalized spacial score (nSPS) is 16.7. The van der Waals surface area contributed by atoms with Gasteiger partial charge in [0.05, 0.1) is 11.8 Å². The van der Waals surface area contributed by atoms with E-state index in [4.69, 9.17) is 4.74 Å². The van der Waals surface area contributed by atoms with Crippen LogP contribution in [0.25, 0.3) is 11.1 Å². The topological polar surface area (TPSA) is 70.0 Å². The predicted octanol–water partition coefficient (Wildman–Crippen LogP) is 6.82. The summed E-state index contributed by atoms with van der Waals surface area (Å²) in [5, 5.41) is 13.9. The number of unbranched alkanes of at least 4 members (excludes halogenated alkanes) is 1. The van der Waals surface area contributed by atoms with E-state index in [2.05, 4.69) is 83.4 Å². The number of anilines is 1. The van der Waals surface area contributed by atoms with Crippen LogP contribution < -0.4 is 5.32 Å². The second-order valence-corrected chi connectivity index (χ2v) is 11.1. The van der Waals surface area contributed by atoms with Crippen molar-refractivity contribution in [2.24, 2.45) is 10.9 Å². The summed E-state index contributed by atoms with van der Waals surface area (Å²) < 4.78 is 5.14. The van der Waals surface area contributed by atoms with Gasteiger partial charge in [0, 0.05) is 51.8 Å². The number of nitrogens with zero attached hydrogens (tertiary/aromatic N) is 3. The van der Waals surface area contributed by atoms with Gasteiger partial charge < -0.3 is 15.2 Å². The maximum atomic E-state index is 10.6. The summed E-state index contributed by atoms with van der Waals surface area (Å²) in [4.78, 5) is 11.3. The van der Waals surface area contributed by atoms with Crippen LogP contribution in [-0.2, 0) is 17.7 Å². The van der Waals surface area contributed by atoms with E-state index in [0.29, 0.717) is 13.1 Å². The number of ether oxygens (including phenoxy) is 1. The Labute approximate surface area is 240 Å². The Kier molecular flexibility index (Phi) is 11.7. The maximum Gasteiger partial charge on any atom is 0.126 e. The molecular weight excluding hydrogens is 496 g/mol. The lowest BCUT2D eigenvalue weighted by Gasteiger charge is -2.30. The van der Waals surface area contributed by atoms with Gasteiger partial charge in [-0.2, -0.15) is 0 Å². The highest BCUT2D eigenvalue weighted by molar-refractivity contribution is 5.71. The summed E-state index contributed by atoms with van der Waals surface area (Å²) >= 11 is 0. The Morgan fingerprint density at radius 2 is 1.88 bits per heavy atom. The SMILES string of the molecule is CC1CCOCC1.CCCC=Nc1ccc(-c2ccnc(NCC(O)CN3CCc4ccccc4C3)c2)cc1C. The number of aliphatic imine (C=N–C) groups is 1. The molecule has 0 saturated carbocycles. The monoisotopic (exact) mass is 542 g/mol. The number of pyridine rings is 1. The van der Waals surface area contributed by atoms with E-state index in [1.165, 1.54) is 24.0 Å². The van der Waals surface area contributed by atoms with E-state index in [0.717, 1.165) is 79.7 Å². The molecule has 6 nitrogen and oxygen atoms in total. The van der Waals surface area contributed by atoms with E-state index in [1.807, 2.05) is 24.5 Å². The predicted molar refractivity (Wildman–Crippen MR) is 167 cm³/mol. The van der Waals surface area contributed by atoms with Crippen LogP contribution in [0.4, 0.5) is 11.5 Å². The first-order chi connectivity index (χ1) is 19.5. The Morgan fingerprint density at radius 3 is 2.60 bits per heavy atom. The molecule has 5 rings (SSSR count). The van der Waals surface area contributed by atoms with E-state index < -0.39 is 6.10 Å². The number of hydrogen-bond donors (Lipinski definition) is 2. The highest BCUT2D eigenvalue weighted by Gasteiger charge is 2.18. The summed E-state index contributed by atoms with van der Waals surface area (Å²) in [7, 11) is 0. The van der Waals surface area contributed by atoms with E-state index in [1.54, 1.807) is 0 Å². The Balaban J connectivity index is 0.000000461. The van der Waals surface area contributed by atoms with Gasteiger partial charge in [-0.25, -0.2) is 4.98 Å². The number of hydrogen-bond acceptors (Lipinski definition) is 6. The molecule has 1 atom stereocenters. The van der Waals surface area contributed by atoms with Gasteiger partial charge in [0.25, 0.3) is 0 Å². The standard InChI is InChI=1S/C28H34N4O.C6H12O/c1-3-4-13-29-27-10-9-23(16-21(27)2)24-11-14-30-28(17-24)31-18-26(33)20-32-15-12-22-7-5-6-8-25(22)19-32;1-6-2-4-7-5-3-6/h5-11,13-14,16-17,26,33H,3-4,12,15,18-20H2,1-2H3,(H,30,31);6H,2-5H2,1H3. The summed E-state index contributed by atoms with van der Waals surface area (Å²) in [6.45, 7) is 11.5. The number of rotatable bonds is 9. The molecule has 2 aromatic carbocycles. The van der Waals surface area contributed by atoms with Gasteiger partial charge in [-0.1, -0.05) is 50.6 Å². The van der Waals surface area contributed by atoms with Crippen molar-refractivity contribution in [1.29, 1.82) is 0 Å². The fourth-order valence-corrected chi connectivity index (χ4v) is 5.09. The average Bonchev–Trinajstić information content (AvgIpc) is 2.98. The number of nitrogens with one attached hydrogen (secondary N) is 1. The molecule has 1 saturated heterocycles. The molecule has 2 aliphatic heterocycles. The van der Waals surface area contributed by atoms with Crippen LogP contribution in [0.3, 0.4) is 0 Å². The quantitative estimate of drug-likeness (QED) is 0.290. The van der Waals surface area contributed by atoms with Gasteiger partial charge in [0.2, 0.25) is 0 Å². The fraction of sp³-hybridized carbons (Fsp3) is 0.471. The fourth-order valence-electron chi connectivity index (χ4n) is 5.09. The average molecular weight is 543 g/mol. The Bertz CT molecular complexity index is 1220. The molecule has 0 radical (unpaired) electrons. The minimum absolute atomic E-state index is 0.455. The highest BCUT2D eigenvalue weighted by Crippen LogP contribution is 2.27. The van der Waals surface area contributed by atoms with Crippen LogP contribution in [0.1, 0.15) is 56.2 Å². The number of aliphatic hydroxyl groups is 1. The molecule has 40 heavy (non-hydrogen) atoms. The molecule has 3 aromatic rings. The molecular formula is C34H46N4O2. The van der Waals surface area contributed by atoms with E-state index in [-0.39, 0.29) is 0 Å². The highest BCUT2D eigenvalue weighted by atomic mass is 16.5. The number of β-amino-alcohol motifs (C(OH)–C–C–N with tert-alkyl or cyclic N) is 1. The lowest BCUT2D eigenvalue weighted by atomic mass is 10.00. The van der Waals surface area contributed by atoms with Crippen molar-refractivity contribution in [1.82, 2.24) is 9.88 Å². The molecule has 2 aliphatic rings. The third kappa shape index (κ3) is 9.26. The Morgan fingerprint density at radius 1 is 1.10 bits per heavy atom. The van der Waals surface area contributed by atoms with Crippen molar-refractivity contribution in [3.8, 4) is 11.1 Å². The molecule has 0 spiro atoms. The molecule has 3 heterocycles. The van der Waals surface area contributed by atoms with Crippen molar-refractivity contribution in [2.75, 3.05) is 38.2 Å². The summed E-state index contributed by atoms with van der Waals surface area (Å²) in [5.41, 5.74) is 7.21. The first kappa shape index (κ1) is 29.9. The van der Waals surface area contributed by atoms with Crippen LogP contribution in [0, 0.1) is 12.8 Å². The largest absolute Gasteiger partial charge is 0.390 e. The number of aromatic nitrogens is 1. The van der Waals surface area contributed by atoms with Crippen LogP contribution in [-0.4, -0.2) is 60.2 Å². The molecule has 0 aliphatic carbocycles. The van der Waals surface area contributed by atoms with Gasteiger partial charge in [-0.05, 0) is 90.6 Å². The lowest BCUT2D eigenvalue weighted by molar-refractivity contribution is 0.0716. The molecule has 1 unspecified atom stereocenters. The van der Waals surface area contributed by atoms with Crippen molar-refractivity contribution >= 4 is 17.7 Å². The van der Waals surface area contributed by atoms with Gasteiger partial charge in [-0.3, -0.25) is 9.89 Å². The number of aliphatic hydroxyl groups excluding tert-OH is 1. The van der Waals surface area contributed by atoms with E-state index in [9.17, 15) is 5.11 Å². The van der Waals surface area contributed by atoms with E-state index >= 15 is 0 Å². The molecule has 0 bridgehead atoms.